The topological polar surface area (TPSA) is 76.5 Å². The van der Waals surface area contributed by atoms with Crippen LogP contribution < -0.4 is 0 Å². The van der Waals surface area contributed by atoms with Crippen LogP contribution in [0.1, 0.15) is 16.9 Å². The number of aliphatic hydroxyl groups excluding tert-OH is 1. The van der Waals surface area contributed by atoms with Crippen molar-refractivity contribution in [1.29, 1.82) is 0 Å². The number of methoxy groups -OCH3 is 1. The summed E-state index contributed by atoms with van der Waals surface area (Å²) in [5.41, 5.74) is 0.919. The van der Waals surface area contributed by atoms with E-state index < -0.39 is 17.9 Å². The summed E-state index contributed by atoms with van der Waals surface area (Å²) in [6, 6.07) is 10.7. The molecule has 98 valence electrons. The van der Waals surface area contributed by atoms with Crippen LogP contribution in [0.25, 0.3) is 10.9 Å². The molecule has 1 aromatic heterocycles. The summed E-state index contributed by atoms with van der Waals surface area (Å²) in [6.45, 7) is 0. The van der Waals surface area contributed by atoms with E-state index in [0.717, 1.165) is 12.5 Å². The molecular weight excluding hydrogens is 246 g/mol. The average Bonchev–Trinajstić information content (AvgIpc) is 2.45. The molecule has 0 radical (unpaired) electrons. The maximum Gasteiger partial charge on any atom is 0.335 e. The largest absolute Gasteiger partial charge is 0.467 e. The van der Waals surface area contributed by atoms with Gasteiger partial charge in [0.15, 0.2) is 11.9 Å². The summed E-state index contributed by atoms with van der Waals surface area (Å²) in [6.07, 6.45) is -1.79. The molecule has 0 spiro atoms. The fourth-order valence-electron chi connectivity index (χ4n) is 1.72. The molecule has 0 saturated carbocycles. The van der Waals surface area contributed by atoms with E-state index in [4.69, 9.17) is 0 Å². The Morgan fingerprint density at radius 1 is 1.26 bits per heavy atom. The van der Waals surface area contributed by atoms with Crippen molar-refractivity contribution in [2.75, 3.05) is 7.11 Å². The third-order valence-corrected chi connectivity index (χ3v) is 2.74. The number of hydrogen-bond acceptors (Lipinski definition) is 5. The van der Waals surface area contributed by atoms with Gasteiger partial charge >= 0.3 is 5.97 Å². The highest BCUT2D eigenvalue weighted by Gasteiger charge is 2.21. The summed E-state index contributed by atoms with van der Waals surface area (Å²) in [5, 5.41) is 10.4. The van der Waals surface area contributed by atoms with Crippen molar-refractivity contribution in [2.24, 2.45) is 0 Å². The van der Waals surface area contributed by atoms with Crippen molar-refractivity contribution in [1.82, 2.24) is 4.98 Å². The van der Waals surface area contributed by atoms with E-state index in [1.807, 2.05) is 18.2 Å². The molecule has 19 heavy (non-hydrogen) atoms. The van der Waals surface area contributed by atoms with Gasteiger partial charge in [0.2, 0.25) is 0 Å². The summed E-state index contributed by atoms with van der Waals surface area (Å²) in [4.78, 5) is 27.1. The van der Waals surface area contributed by atoms with Gasteiger partial charge in [0.05, 0.1) is 12.6 Å². The van der Waals surface area contributed by atoms with Crippen LogP contribution in [0.2, 0.25) is 0 Å². The predicted octanol–water partition coefficient (Wildman–Crippen LogP) is 1.34. The highest BCUT2D eigenvalue weighted by Crippen LogP contribution is 2.13. The number of nitrogens with zero attached hydrogens (tertiary/aromatic N) is 1. The maximum atomic E-state index is 11.9. The third kappa shape index (κ3) is 2.95. The van der Waals surface area contributed by atoms with Crippen molar-refractivity contribution in [3.8, 4) is 0 Å². The highest BCUT2D eigenvalue weighted by atomic mass is 16.5. The first-order valence-corrected chi connectivity index (χ1v) is 5.76. The number of Topliss-reactive ketones (excluding diaryl/α,β-unsaturated/α-hetero) is 1. The summed E-state index contributed by atoms with van der Waals surface area (Å²) < 4.78 is 4.36. The number of aliphatic hydroxyl groups is 1. The zero-order valence-corrected chi connectivity index (χ0v) is 10.4. The molecule has 1 atom stereocenters. The number of esters is 1. The number of pyridine rings is 1. The minimum absolute atomic E-state index is 0.224. The average molecular weight is 259 g/mol. The van der Waals surface area contributed by atoms with E-state index in [-0.39, 0.29) is 12.1 Å². The second-order valence-electron chi connectivity index (χ2n) is 4.06. The number of rotatable bonds is 4. The lowest BCUT2D eigenvalue weighted by Gasteiger charge is -2.07. The molecule has 0 aliphatic heterocycles. The normalized spacial score (nSPS) is 12.1. The molecule has 0 saturated heterocycles. The van der Waals surface area contributed by atoms with Crippen molar-refractivity contribution < 1.29 is 19.4 Å². The van der Waals surface area contributed by atoms with Crippen LogP contribution in [0, 0.1) is 0 Å². The maximum absolute atomic E-state index is 11.9. The quantitative estimate of drug-likeness (QED) is 0.662. The lowest BCUT2D eigenvalue weighted by atomic mass is 10.1. The van der Waals surface area contributed by atoms with Gasteiger partial charge in [-0.15, -0.1) is 0 Å². The van der Waals surface area contributed by atoms with Gasteiger partial charge in [-0.3, -0.25) is 4.79 Å². The minimum atomic E-state index is -1.45. The van der Waals surface area contributed by atoms with Gasteiger partial charge in [-0.05, 0) is 12.1 Å². The van der Waals surface area contributed by atoms with Gasteiger partial charge in [0, 0.05) is 11.8 Å². The first-order valence-electron chi connectivity index (χ1n) is 5.76. The number of fused-ring (bicyclic) bond motifs is 1. The van der Waals surface area contributed by atoms with Crippen molar-refractivity contribution >= 4 is 22.7 Å². The van der Waals surface area contributed by atoms with Crippen LogP contribution in [0.15, 0.2) is 36.4 Å². The first-order chi connectivity index (χ1) is 9.11. The molecule has 0 fully saturated rings. The van der Waals surface area contributed by atoms with Crippen LogP contribution in [-0.2, 0) is 9.53 Å². The zero-order chi connectivity index (χ0) is 13.8. The third-order valence-electron chi connectivity index (χ3n) is 2.74. The monoisotopic (exact) mass is 259 g/mol. The Kier molecular flexibility index (Phi) is 3.87. The molecule has 5 nitrogen and oxygen atoms in total. The first kappa shape index (κ1) is 13.2. The molecule has 0 bridgehead atoms. The summed E-state index contributed by atoms with van der Waals surface area (Å²) >= 11 is 0. The van der Waals surface area contributed by atoms with Gasteiger partial charge in [-0.1, -0.05) is 24.3 Å². The molecule has 1 aromatic carbocycles. The Hall–Kier alpha value is -2.27. The number of benzene rings is 1. The molecular formula is C14H13NO4. The number of carbonyl (C=O) groups is 2. The van der Waals surface area contributed by atoms with E-state index in [2.05, 4.69) is 9.72 Å². The van der Waals surface area contributed by atoms with Gasteiger partial charge in [0.25, 0.3) is 0 Å². The molecule has 2 aromatic rings. The minimum Gasteiger partial charge on any atom is -0.467 e. The Balaban J connectivity index is 2.19. The molecule has 0 unspecified atom stereocenters. The van der Waals surface area contributed by atoms with Crippen molar-refractivity contribution in [3.05, 3.63) is 42.1 Å². The lowest BCUT2D eigenvalue weighted by Crippen LogP contribution is -2.25. The second kappa shape index (κ2) is 5.58. The summed E-state index contributed by atoms with van der Waals surface area (Å²) in [7, 11) is 1.16. The molecule has 0 aliphatic carbocycles. The lowest BCUT2D eigenvalue weighted by molar-refractivity contribution is -0.150. The van der Waals surface area contributed by atoms with E-state index in [1.165, 1.54) is 0 Å². The molecule has 1 N–H and O–H groups in total. The number of aromatic nitrogens is 1. The SMILES string of the molecule is COC(=O)[C@@H](O)CC(=O)c1ccc2ccccc2n1. The molecule has 0 aliphatic rings. The molecule has 5 heteroatoms. The fourth-order valence-corrected chi connectivity index (χ4v) is 1.72. The number of carbonyl (C=O) groups excluding carboxylic acids is 2. The van der Waals surface area contributed by atoms with E-state index in [9.17, 15) is 14.7 Å². The second-order valence-corrected chi connectivity index (χ2v) is 4.06. The standard InChI is InChI=1S/C14H13NO4/c1-19-14(18)13(17)8-12(16)11-7-6-9-4-2-3-5-10(9)15-11/h2-7,13,17H,8H2,1H3/t13-/m0/s1. The van der Waals surface area contributed by atoms with Gasteiger partial charge in [0.1, 0.15) is 5.69 Å². The van der Waals surface area contributed by atoms with Crippen molar-refractivity contribution in [2.45, 2.75) is 12.5 Å². The Labute approximate surface area is 109 Å². The predicted molar refractivity (Wildman–Crippen MR) is 68.7 cm³/mol. The molecule has 2 rings (SSSR count). The molecule has 0 amide bonds. The number of ether oxygens (including phenoxy) is 1. The van der Waals surface area contributed by atoms with Gasteiger partial charge in [-0.25, -0.2) is 9.78 Å². The van der Waals surface area contributed by atoms with Gasteiger partial charge < -0.3 is 9.84 Å². The number of ketones is 1. The van der Waals surface area contributed by atoms with Crippen LogP contribution in [0.3, 0.4) is 0 Å². The zero-order valence-electron chi connectivity index (χ0n) is 10.4. The van der Waals surface area contributed by atoms with Crippen LogP contribution in [0.4, 0.5) is 0 Å². The van der Waals surface area contributed by atoms with Crippen LogP contribution >= 0.6 is 0 Å². The van der Waals surface area contributed by atoms with E-state index >= 15 is 0 Å². The number of para-hydroxylation sites is 1. The Morgan fingerprint density at radius 3 is 2.74 bits per heavy atom. The van der Waals surface area contributed by atoms with Crippen LogP contribution in [-0.4, -0.2) is 35.1 Å². The fraction of sp³-hybridized carbons (Fsp3) is 0.214. The Morgan fingerprint density at radius 2 is 2.00 bits per heavy atom. The van der Waals surface area contributed by atoms with E-state index in [0.29, 0.717) is 5.52 Å². The smallest absolute Gasteiger partial charge is 0.335 e. The molecule has 1 heterocycles. The summed E-state index contributed by atoms with van der Waals surface area (Å²) in [5.74, 6) is -1.22. The van der Waals surface area contributed by atoms with Crippen molar-refractivity contribution in [3.63, 3.8) is 0 Å². The van der Waals surface area contributed by atoms with Crippen LogP contribution in [0.5, 0.6) is 0 Å². The highest BCUT2D eigenvalue weighted by molar-refractivity contribution is 5.98. The Bertz CT molecular complexity index is 624. The van der Waals surface area contributed by atoms with E-state index in [1.54, 1.807) is 18.2 Å². The van der Waals surface area contributed by atoms with Gasteiger partial charge in [-0.2, -0.15) is 0 Å². The number of hydrogen-bond donors (Lipinski definition) is 1.